The van der Waals surface area contributed by atoms with Crippen molar-refractivity contribution in [1.29, 1.82) is 0 Å². The van der Waals surface area contributed by atoms with E-state index in [1.807, 2.05) is 19.0 Å². The topological polar surface area (TPSA) is 64.2 Å². The van der Waals surface area contributed by atoms with Gasteiger partial charge in [0.05, 0.1) is 11.5 Å². The van der Waals surface area contributed by atoms with Gasteiger partial charge in [-0.2, -0.15) is 0 Å². The molecule has 0 saturated heterocycles. The van der Waals surface area contributed by atoms with Crippen LogP contribution in [0.15, 0.2) is 30.6 Å². The quantitative estimate of drug-likeness (QED) is 0.625. The summed E-state index contributed by atoms with van der Waals surface area (Å²) in [5.41, 5.74) is 0.0266. The highest BCUT2D eigenvalue weighted by molar-refractivity contribution is 5.53. The number of nitrogens with zero attached hydrogens (tertiary/aromatic N) is 4. The summed E-state index contributed by atoms with van der Waals surface area (Å²) in [5.74, 6) is 0.0869. The fourth-order valence-corrected chi connectivity index (χ4v) is 1.80. The Labute approximate surface area is 109 Å². The van der Waals surface area contributed by atoms with Crippen molar-refractivity contribution in [3.8, 4) is 5.69 Å². The van der Waals surface area contributed by atoms with Crippen molar-refractivity contribution in [3.05, 3.63) is 52.3 Å². The molecule has 0 unspecified atom stereocenters. The molecule has 7 heteroatoms. The average molecular weight is 264 g/mol. The lowest BCUT2D eigenvalue weighted by Crippen LogP contribution is -2.15. The summed E-state index contributed by atoms with van der Waals surface area (Å²) in [5, 5.41) is 11.0. The van der Waals surface area contributed by atoms with Crippen molar-refractivity contribution in [2.24, 2.45) is 0 Å². The van der Waals surface area contributed by atoms with Crippen LogP contribution >= 0.6 is 0 Å². The number of halogens is 1. The van der Waals surface area contributed by atoms with Crippen molar-refractivity contribution in [1.82, 2.24) is 14.5 Å². The smallest absolute Gasteiger partial charge is 0.293 e. The summed E-state index contributed by atoms with van der Waals surface area (Å²) in [6.45, 7) is 0.501. The van der Waals surface area contributed by atoms with E-state index in [1.54, 1.807) is 6.20 Å². The molecule has 0 N–H and O–H groups in total. The summed E-state index contributed by atoms with van der Waals surface area (Å²) in [6, 6.07) is 3.37. The molecule has 0 saturated carbocycles. The summed E-state index contributed by atoms with van der Waals surface area (Å²) in [6.07, 6.45) is 3.12. The van der Waals surface area contributed by atoms with Crippen molar-refractivity contribution in [3.63, 3.8) is 0 Å². The Kier molecular flexibility index (Phi) is 3.57. The molecular weight excluding hydrogens is 251 g/mol. The van der Waals surface area contributed by atoms with Crippen LogP contribution in [0.3, 0.4) is 0 Å². The molecule has 0 bridgehead atoms. The van der Waals surface area contributed by atoms with Gasteiger partial charge in [0, 0.05) is 24.5 Å². The van der Waals surface area contributed by atoms with Gasteiger partial charge in [-0.1, -0.05) is 0 Å². The normalized spacial score (nSPS) is 10.9. The summed E-state index contributed by atoms with van der Waals surface area (Å²) >= 11 is 0. The minimum Gasteiger partial charge on any atom is -0.302 e. The average Bonchev–Trinajstić information content (AvgIpc) is 2.75. The number of hydrogen-bond donors (Lipinski definition) is 0. The summed E-state index contributed by atoms with van der Waals surface area (Å²) in [4.78, 5) is 16.5. The van der Waals surface area contributed by atoms with E-state index in [9.17, 15) is 14.5 Å². The largest absolute Gasteiger partial charge is 0.302 e. The first kappa shape index (κ1) is 13.2. The molecule has 0 spiro atoms. The van der Waals surface area contributed by atoms with E-state index in [-0.39, 0.29) is 11.4 Å². The Bertz CT molecular complexity index is 610. The summed E-state index contributed by atoms with van der Waals surface area (Å²) in [7, 11) is 3.72. The first-order valence-corrected chi connectivity index (χ1v) is 5.60. The third kappa shape index (κ3) is 2.76. The van der Waals surface area contributed by atoms with Crippen LogP contribution in [0.4, 0.5) is 10.1 Å². The second-order valence-corrected chi connectivity index (χ2v) is 4.34. The molecule has 1 aromatic carbocycles. The monoisotopic (exact) mass is 264 g/mol. The van der Waals surface area contributed by atoms with Gasteiger partial charge in [-0.05, 0) is 20.2 Å². The van der Waals surface area contributed by atoms with Crippen LogP contribution in [-0.2, 0) is 6.54 Å². The van der Waals surface area contributed by atoms with Crippen LogP contribution < -0.4 is 0 Å². The third-order valence-corrected chi connectivity index (χ3v) is 2.57. The Balaban J connectivity index is 2.55. The maximum atomic E-state index is 13.3. The number of rotatable bonds is 4. The molecule has 0 fully saturated rings. The number of benzene rings is 1. The molecule has 0 amide bonds. The van der Waals surface area contributed by atoms with Crippen LogP contribution in [0.1, 0.15) is 5.82 Å². The molecule has 100 valence electrons. The van der Waals surface area contributed by atoms with Gasteiger partial charge in [-0.3, -0.25) is 14.7 Å². The van der Waals surface area contributed by atoms with E-state index in [0.717, 1.165) is 18.2 Å². The van der Waals surface area contributed by atoms with E-state index in [1.165, 1.54) is 10.8 Å². The fraction of sp³-hybridized carbons (Fsp3) is 0.250. The molecule has 2 aromatic rings. The fourth-order valence-electron chi connectivity index (χ4n) is 1.80. The minimum atomic E-state index is -0.534. The van der Waals surface area contributed by atoms with Gasteiger partial charge in [0.2, 0.25) is 0 Å². The van der Waals surface area contributed by atoms with Gasteiger partial charge in [-0.25, -0.2) is 9.37 Å². The zero-order chi connectivity index (χ0) is 14.0. The van der Waals surface area contributed by atoms with E-state index < -0.39 is 10.7 Å². The van der Waals surface area contributed by atoms with Crippen LogP contribution in [0.25, 0.3) is 5.69 Å². The molecule has 0 radical (unpaired) electrons. The standard InChI is InChI=1S/C12H13FN4O2/c1-15(2)8-12-14-5-6-16(12)11-7-9(13)3-4-10(11)17(18)19/h3-7H,8H2,1-2H3. The summed E-state index contributed by atoms with van der Waals surface area (Å²) < 4.78 is 14.9. The molecule has 0 aliphatic carbocycles. The maximum absolute atomic E-state index is 13.3. The van der Waals surface area contributed by atoms with Gasteiger partial charge in [-0.15, -0.1) is 0 Å². The predicted molar refractivity (Wildman–Crippen MR) is 67.6 cm³/mol. The predicted octanol–water partition coefficient (Wildman–Crippen LogP) is 1.98. The molecule has 0 aliphatic heterocycles. The van der Waals surface area contributed by atoms with Crippen molar-refractivity contribution < 1.29 is 9.31 Å². The zero-order valence-electron chi connectivity index (χ0n) is 10.6. The third-order valence-electron chi connectivity index (χ3n) is 2.57. The van der Waals surface area contributed by atoms with Gasteiger partial charge in [0.1, 0.15) is 17.3 Å². The van der Waals surface area contributed by atoms with E-state index in [4.69, 9.17) is 0 Å². The molecule has 1 heterocycles. The SMILES string of the molecule is CN(C)Cc1nccn1-c1cc(F)ccc1[N+](=O)[O-]. The van der Waals surface area contributed by atoms with E-state index in [0.29, 0.717) is 12.4 Å². The molecule has 6 nitrogen and oxygen atoms in total. The number of aromatic nitrogens is 2. The first-order valence-electron chi connectivity index (χ1n) is 5.60. The van der Waals surface area contributed by atoms with Gasteiger partial charge >= 0.3 is 0 Å². The molecule has 19 heavy (non-hydrogen) atoms. The minimum absolute atomic E-state index is 0.153. The van der Waals surface area contributed by atoms with Gasteiger partial charge in [0.25, 0.3) is 5.69 Å². The van der Waals surface area contributed by atoms with Gasteiger partial charge < -0.3 is 4.90 Å². The van der Waals surface area contributed by atoms with Crippen LogP contribution in [-0.4, -0.2) is 33.5 Å². The molecule has 0 atom stereocenters. The highest BCUT2D eigenvalue weighted by Gasteiger charge is 2.18. The number of nitro benzene ring substituents is 1. The van der Waals surface area contributed by atoms with Gasteiger partial charge in [0.15, 0.2) is 0 Å². The first-order chi connectivity index (χ1) is 8.99. The molecule has 1 aromatic heterocycles. The second-order valence-electron chi connectivity index (χ2n) is 4.34. The Hall–Kier alpha value is -2.28. The van der Waals surface area contributed by atoms with E-state index in [2.05, 4.69) is 4.98 Å². The Morgan fingerprint density at radius 2 is 2.21 bits per heavy atom. The highest BCUT2D eigenvalue weighted by Crippen LogP contribution is 2.25. The highest BCUT2D eigenvalue weighted by atomic mass is 19.1. The lowest BCUT2D eigenvalue weighted by Gasteiger charge is -2.12. The van der Waals surface area contributed by atoms with Crippen molar-refractivity contribution >= 4 is 5.69 Å². The second kappa shape index (κ2) is 5.15. The molecule has 0 aliphatic rings. The van der Waals surface area contributed by atoms with E-state index >= 15 is 0 Å². The van der Waals surface area contributed by atoms with Crippen LogP contribution in [0, 0.1) is 15.9 Å². The zero-order valence-corrected chi connectivity index (χ0v) is 10.6. The number of imidazole rings is 1. The molecule has 2 rings (SSSR count). The van der Waals surface area contributed by atoms with Crippen LogP contribution in [0.5, 0.6) is 0 Å². The Morgan fingerprint density at radius 3 is 2.84 bits per heavy atom. The number of hydrogen-bond acceptors (Lipinski definition) is 4. The van der Waals surface area contributed by atoms with Crippen molar-refractivity contribution in [2.75, 3.05) is 14.1 Å². The van der Waals surface area contributed by atoms with Crippen molar-refractivity contribution in [2.45, 2.75) is 6.54 Å². The Morgan fingerprint density at radius 1 is 1.47 bits per heavy atom. The lowest BCUT2D eigenvalue weighted by atomic mass is 10.2. The lowest BCUT2D eigenvalue weighted by molar-refractivity contribution is -0.384. The number of nitro groups is 1. The van der Waals surface area contributed by atoms with Crippen LogP contribution in [0.2, 0.25) is 0 Å². The molecular formula is C12H13FN4O2. The maximum Gasteiger partial charge on any atom is 0.293 e.